The fourth-order valence-corrected chi connectivity index (χ4v) is 3.29. The van der Waals surface area contributed by atoms with Crippen LogP contribution in [0.25, 0.3) is 10.9 Å². The Morgan fingerprint density at radius 1 is 1.42 bits per heavy atom. The number of hydrogen-bond donors (Lipinski definition) is 2. The van der Waals surface area contributed by atoms with E-state index in [2.05, 4.69) is 22.2 Å². The number of nitrogens with zero attached hydrogens (tertiary/aromatic N) is 2. The van der Waals surface area contributed by atoms with Crippen molar-refractivity contribution in [1.82, 2.24) is 20.2 Å². The smallest absolute Gasteiger partial charge is 0.321 e. The number of aromatic nitrogens is 2. The highest BCUT2D eigenvalue weighted by atomic mass is 35.5. The van der Waals surface area contributed by atoms with Crippen LogP contribution in [0.4, 0.5) is 4.79 Å². The topological polar surface area (TPSA) is 93.1 Å². The molecule has 7 nitrogen and oxygen atoms in total. The first-order chi connectivity index (χ1) is 12.5. The summed E-state index contributed by atoms with van der Waals surface area (Å²) >= 11 is 7.05. The van der Waals surface area contributed by atoms with Crippen molar-refractivity contribution in [2.75, 3.05) is 5.75 Å². The quantitative estimate of drug-likeness (QED) is 0.447. The number of carbonyl (C=O) groups is 2. The minimum absolute atomic E-state index is 0.0479. The van der Waals surface area contributed by atoms with Crippen LogP contribution in [-0.2, 0) is 11.3 Å². The van der Waals surface area contributed by atoms with E-state index in [1.807, 2.05) is 0 Å². The van der Waals surface area contributed by atoms with Gasteiger partial charge in [-0.05, 0) is 31.0 Å². The number of thioether (sulfide) groups is 1. The Morgan fingerprint density at radius 3 is 2.88 bits per heavy atom. The zero-order valence-corrected chi connectivity index (χ0v) is 15.4. The molecule has 1 fully saturated rings. The minimum Gasteiger partial charge on any atom is -0.335 e. The van der Waals surface area contributed by atoms with Crippen molar-refractivity contribution >= 4 is 46.2 Å². The van der Waals surface area contributed by atoms with Crippen LogP contribution < -0.4 is 16.2 Å². The molecule has 1 aromatic carbocycles. The first-order valence-corrected chi connectivity index (χ1v) is 9.38. The van der Waals surface area contributed by atoms with Gasteiger partial charge >= 0.3 is 6.03 Å². The molecule has 0 radical (unpaired) electrons. The number of rotatable bonds is 6. The zero-order chi connectivity index (χ0) is 18.7. The fourth-order valence-electron chi connectivity index (χ4n) is 2.32. The van der Waals surface area contributed by atoms with E-state index in [0.29, 0.717) is 21.1 Å². The molecular weight excluding hydrogens is 376 g/mol. The molecule has 0 saturated heterocycles. The van der Waals surface area contributed by atoms with Crippen LogP contribution in [0.3, 0.4) is 0 Å². The van der Waals surface area contributed by atoms with E-state index in [-0.39, 0.29) is 23.9 Å². The van der Waals surface area contributed by atoms with Gasteiger partial charge in [-0.2, -0.15) is 0 Å². The molecule has 1 heterocycles. The summed E-state index contributed by atoms with van der Waals surface area (Å²) in [5, 5.41) is 6.21. The van der Waals surface area contributed by atoms with E-state index < -0.39 is 11.9 Å². The van der Waals surface area contributed by atoms with E-state index in [0.717, 1.165) is 24.6 Å². The molecule has 3 rings (SSSR count). The molecule has 0 unspecified atom stereocenters. The van der Waals surface area contributed by atoms with Gasteiger partial charge in [-0.15, -0.1) is 6.58 Å². The van der Waals surface area contributed by atoms with Gasteiger partial charge in [-0.25, -0.2) is 9.78 Å². The van der Waals surface area contributed by atoms with Crippen molar-refractivity contribution in [3.63, 3.8) is 0 Å². The molecule has 9 heteroatoms. The van der Waals surface area contributed by atoms with Crippen LogP contribution in [0, 0.1) is 0 Å². The number of imide groups is 1. The predicted molar refractivity (Wildman–Crippen MR) is 102 cm³/mol. The average Bonchev–Trinajstić information content (AvgIpc) is 3.39. The Hall–Kier alpha value is -2.32. The summed E-state index contributed by atoms with van der Waals surface area (Å²) in [5.41, 5.74) is 0.221. The third-order valence-corrected chi connectivity index (χ3v) is 4.90. The van der Waals surface area contributed by atoms with Crippen molar-refractivity contribution < 1.29 is 9.59 Å². The van der Waals surface area contributed by atoms with Gasteiger partial charge in [-0.3, -0.25) is 19.5 Å². The summed E-state index contributed by atoms with van der Waals surface area (Å²) in [6.45, 7) is 3.91. The summed E-state index contributed by atoms with van der Waals surface area (Å²) < 4.78 is 1.44. The van der Waals surface area contributed by atoms with Crippen LogP contribution in [-0.4, -0.2) is 33.3 Å². The molecule has 2 N–H and O–H groups in total. The van der Waals surface area contributed by atoms with Crippen LogP contribution in [0.2, 0.25) is 5.02 Å². The molecule has 1 saturated carbocycles. The molecule has 136 valence electrons. The summed E-state index contributed by atoms with van der Waals surface area (Å²) in [7, 11) is 0. The van der Waals surface area contributed by atoms with E-state index >= 15 is 0 Å². The Bertz CT molecular complexity index is 939. The highest BCUT2D eigenvalue weighted by molar-refractivity contribution is 7.99. The Morgan fingerprint density at radius 2 is 2.19 bits per heavy atom. The molecular formula is C17H17ClN4O3S. The van der Waals surface area contributed by atoms with Gasteiger partial charge in [0.15, 0.2) is 5.16 Å². The number of fused-ring (bicyclic) bond motifs is 1. The SMILES string of the molecule is C=CCn1c(SCC(=O)NC(=O)NC2CC2)nc2cc(Cl)ccc2c1=O. The fraction of sp³-hybridized carbons (Fsp3) is 0.294. The molecule has 1 aliphatic rings. The van der Waals surface area contributed by atoms with E-state index in [1.165, 1.54) is 4.57 Å². The van der Waals surface area contributed by atoms with Gasteiger partial charge < -0.3 is 5.32 Å². The van der Waals surface area contributed by atoms with E-state index in [9.17, 15) is 14.4 Å². The predicted octanol–water partition coefficient (Wildman–Crippen LogP) is 2.32. The number of hydrogen-bond acceptors (Lipinski definition) is 5. The van der Waals surface area contributed by atoms with Crippen LogP contribution in [0.1, 0.15) is 12.8 Å². The second kappa shape index (κ2) is 7.92. The molecule has 2 aromatic rings. The lowest BCUT2D eigenvalue weighted by molar-refractivity contribution is -0.117. The summed E-state index contributed by atoms with van der Waals surface area (Å²) in [5.74, 6) is -0.507. The Labute approximate surface area is 158 Å². The third-order valence-electron chi connectivity index (χ3n) is 3.69. The molecule has 0 atom stereocenters. The number of benzene rings is 1. The zero-order valence-electron chi connectivity index (χ0n) is 13.8. The van der Waals surface area contributed by atoms with Crippen molar-refractivity contribution in [2.45, 2.75) is 30.6 Å². The lowest BCUT2D eigenvalue weighted by Crippen LogP contribution is -2.41. The van der Waals surface area contributed by atoms with Gasteiger partial charge in [0, 0.05) is 17.6 Å². The molecule has 26 heavy (non-hydrogen) atoms. The van der Waals surface area contributed by atoms with Gasteiger partial charge in [-0.1, -0.05) is 29.4 Å². The van der Waals surface area contributed by atoms with Crippen molar-refractivity contribution in [2.24, 2.45) is 0 Å². The first-order valence-electron chi connectivity index (χ1n) is 8.02. The van der Waals surface area contributed by atoms with Crippen molar-refractivity contribution in [3.8, 4) is 0 Å². The Balaban J connectivity index is 1.77. The normalized spacial score (nSPS) is 13.4. The lowest BCUT2D eigenvalue weighted by Gasteiger charge is -2.11. The van der Waals surface area contributed by atoms with Crippen LogP contribution in [0.5, 0.6) is 0 Å². The van der Waals surface area contributed by atoms with E-state index in [4.69, 9.17) is 11.6 Å². The maximum atomic E-state index is 12.7. The summed E-state index contributed by atoms with van der Waals surface area (Å²) in [6, 6.07) is 4.52. The van der Waals surface area contributed by atoms with Gasteiger partial charge in [0.1, 0.15) is 0 Å². The lowest BCUT2D eigenvalue weighted by atomic mass is 10.2. The number of amides is 3. The molecule has 0 bridgehead atoms. The van der Waals surface area contributed by atoms with Crippen LogP contribution in [0.15, 0.2) is 40.8 Å². The molecule has 3 amide bonds. The third kappa shape index (κ3) is 4.44. The minimum atomic E-state index is -0.500. The van der Waals surface area contributed by atoms with Crippen molar-refractivity contribution in [3.05, 3.63) is 46.2 Å². The number of urea groups is 1. The first kappa shape index (κ1) is 18.5. The highest BCUT2D eigenvalue weighted by Gasteiger charge is 2.24. The number of halogens is 1. The second-order valence-electron chi connectivity index (χ2n) is 5.84. The largest absolute Gasteiger partial charge is 0.335 e. The molecule has 0 spiro atoms. The van der Waals surface area contributed by atoms with Gasteiger partial charge in [0.05, 0.1) is 16.7 Å². The Kier molecular flexibility index (Phi) is 5.63. The van der Waals surface area contributed by atoms with Gasteiger partial charge in [0.2, 0.25) is 5.91 Å². The summed E-state index contributed by atoms with van der Waals surface area (Å²) in [4.78, 5) is 40.6. The standard InChI is InChI=1S/C17H17ClN4O3S/c1-2-7-22-15(24)12-6-3-10(18)8-13(12)20-17(22)26-9-14(23)21-16(25)19-11-4-5-11/h2-3,6,8,11H,1,4-5,7,9H2,(H2,19,21,23,25). The maximum absolute atomic E-state index is 12.7. The monoisotopic (exact) mass is 392 g/mol. The second-order valence-corrected chi connectivity index (χ2v) is 7.22. The average molecular weight is 393 g/mol. The van der Waals surface area contributed by atoms with Gasteiger partial charge in [0.25, 0.3) is 5.56 Å². The molecule has 1 aliphatic carbocycles. The van der Waals surface area contributed by atoms with Crippen molar-refractivity contribution in [1.29, 1.82) is 0 Å². The van der Waals surface area contributed by atoms with E-state index in [1.54, 1.807) is 24.3 Å². The number of allylic oxidation sites excluding steroid dienone is 1. The molecule has 0 aliphatic heterocycles. The maximum Gasteiger partial charge on any atom is 0.321 e. The number of nitrogens with one attached hydrogen (secondary N) is 2. The highest BCUT2D eigenvalue weighted by Crippen LogP contribution is 2.21. The number of carbonyl (C=O) groups excluding carboxylic acids is 2. The van der Waals surface area contributed by atoms with Crippen LogP contribution >= 0.6 is 23.4 Å². The molecule has 1 aromatic heterocycles. The summed E-state index contributed by atoms with van der Waals surface area (Å²) in [6.07, 6.45) is 3.46.